The molecule has 0 saturated heterocycles. The molecule has 1 aromatic carbocycles. The van der Waals surface area contributed by atoms with Crippen LogP contribution in [-0.4, -0.2) is 31.3 Å². The maximum atomic E-state index is 10.2. The van der Waals surface area contributed by atoms with E-state index in [4.69, 9.17) is 9.84 Å². The number of benzene rings is 1. The van der Waals surface area contributed by atoms with E-state index in [0.717, 1.165) is 5.56 Å². The summed E-state index contributed by atoms with van der Waals surface area (Å²) < 4.78 is 9.60. The van der Waals surface area contributed by atoms with Crippen molar-refractivity contribution >= 4 is 12.9 Å². The highest BCUT2D eigenvalue weighted by Crippen LogP contribution is 2.28. The normalized spacial score (nSPS) is 9.47. The van der Waals surface area contributed by atoms with Crippen LogP contribution in [0.4, 0.5) is 0 Å². The first-order valence-electron chi connectivity index (χ1n) is 4.95. The summed E-state index contributed by atoms with van der Waals surface area (Å²) in [6.07, 6.45) is 1.23. The van der Waals surface area contributed by atoms with Crippen molar-refractivity contribution in [3.8, 4) is 11.5 Å². The van der Waals surface area contributed by atoms with E-state index in [1.807, 2.05) is 0 Å². The fourth-order valence-corrected chi connectivity index (χ4v) is 1.31. The van der Waals surface area contributed by atoms with E-state index in [-0.39, 0.29) is 18.0 Å². The lowest BCUT2D eigenvalue weighted by Gasteiger charge is -2.09. The smallest absolute Gasteiger partial charge is 0.298 e. The standard InChI is InChI=1S/C11H13NO5/c13-6-12-4-3-9-1-2-10(16-7-14)11(5-9)17-8-15/h1-2,5-7,15H,3-4,8H2,(H,12,13). The largest absolute Gasteiger partial charge is 0.464 e. The van der Waals surface area contributed by atoms with Crippen molar-refractivity contribution in [3.63, 3.8) is 0 Å². The predicted octanol–water partition coefficient (Wildman–Crippen LogP) is -0.161. The highest BCUT2D eigenvalue weighted by Gasteiger charge is 2.06. The molecule has 6 heteroatoms. The molecule has 92 valence electrons. The van der Waals surface area contributed by atoms with Crippen molar-refractivity contribution in [2.24, 2.45) is 0 Å². The Balaban J connectivity index is 2.76. The molecule has 0 radical (unpaired) electrons. The fourth-order valence-electron chi connectivity index (χ4n) is 1.31. The molecule has 17 heavy (non-hydrogen) atoms. The van der Waals surface area contributed by atoms with Crippen molar-refractivity contribution in [1.29, 1.82) is 0 Å². The molecule has 6 nitrogen and oxygen atoms in total. The van der Waals surface area contributed by atoms with E-state index in [1.165, 1.54) is 0 Å². The van der Waals surface area contributed by atoms with Gasteiger partial charge in [-0.15, -0.1) is 0 Å². The lowest BCUT2D eigenvalue weighted by molar-refractivity contribution is -0.120. The van der Waals surface area contributed by atoms with Crippen molar-refractivity contribution in [1.82, 2.24) is 5.32 Å². The number of hydrogen-bond acceptors (Lipinski definition) is 5. The van der Waals surface area contributed by atoms with Crippen LogP contribution in [0.15, 0.2) is 18.2 Å². The van der Waals surface area contributed by atoms with Crippen molar-refractivity contribution < 1.29 is 24.2 Å². The minimum absolute atomic E-state index is 0.237. The zero-order valence-corrected chi connectivity index (χ0v) is 9.09. The van der Waals surface area contributed by atoms with Gasteiger partial charge < -0.3 is 19.9 Å². The molecule has 0 saturated carbocycles. The van der Waals surface area contributed by atoms with Crippen LogP contribution in [0.3, 0.4) is 0 Å². The number of aliphatic hydroxyl groups excluding tert-OH is 1. The Kier molecular flexibility index (Phi) is 5.53. The number of amides is 1. The summed E-state index contributed by atoms with van der Waals surface area (Å²) in [5.74, 6) is 0.518. The van der Waals surface area contributed by atoms with Gasteiger partial charge in [0.25, 0.3) is 6.47 Å². The molecule has 2 N–H and O–H groups in total. The van der Waals surface area contributed by atoms with Gasteiger partial charge in [0.1, 0.15) is 0 Å². The van der Waals surface area contributed by atoms with E-state index in [0.29, 0.717) is 19.4 Å². The molecule has 0 atom stereocenters. The second-order valence-corrected chi connectivity index (χ2v) is 3.09. The Morgan fingerprint density at radius 1 is 1.29 bits per heavy atom. The molecule has 0 spiro atoms. The van der Waals surface area contributed by atoms with E-state index < -0.39 is 6.79 Å². The van der Waals surface area contributed by atoms with Crippen molar-refractivity contribution in [2.75, 3.05) is 13.3 Å². The van der Waals surface area contributed by atoms with Gasteiger partial charge in [-0.1, -0.05) is 6.07 Å². The quantitative estimate of drug-likeness (QED) is 0.374. The zero-order valence-electron chi connectivity index (χ0n) is 9.09. The topological polar surface area (TPSA) is 84.9 Å². The van der Waals surface area contributed by atoms with E-state index >= 15 is 0 Å². The molecule has 0 aliphatic carbocycles. The zero-order chi connectivity index (χ0) is 12.5. The summed E-state index contributed by atoms with van der Waals surface area (Å²) in [6, 6.07) is 4.95. The van der Waals surface area contributed by atoms with Gasteiger partial charge in [0, 0.05) is 6.54 Å². The first-order valence-corrected chi connectivity index (χ1v) is 4.95. The van der Waals surface area contributed by atoms with Crippen molar-refractivity contribution in [2.45, 2.75) is 6.42 Å². The maximum Gasteiger partial charge on any atom is 0.298 e. The molecule has 0 aliphatic heterocycles. The number of ether oxygens (including phenoxy) is 2. The van der Waals surface area contributed by atoms with E-state index in [1.54, 1.807) is 18.2 Å². The van der Waals surface area contributed by atoms with Crippen LogP contribution in [-0.2, 0) is 16.0 Å². The Morgan fingerprint density at radius 2 is 2.12 bits per heavy atom. The molecule has 1 rings (SSSR count). The summed E-state index contributed by atoms with van der Waals surface area (Å²) in [6.45, 7) is 0.272. The number of carbonyl (C=O) groups excluding carboxylic acids is 2. The average Bonchev–Trinajstić information content (AvgIpc) is 2.33. The second kappa shape index (κ2) is 7.24. The summed E-state index contributed by atoms with van der Waals surface area (Å²) in [4.78, 5) is 20.3. The number of aliphatic hydroxyl groups is 1. The van der Waals surface area contributed by atoms with Gasteiger partial charge in [0.15, 0.2) is 18.3 Å². The molecule has 1 aromatic rings. The lowest BCUT2D eigenvalue weighted by atomic mass is 10.1. The number of carbonyl (C=O) groups is 2. The summed E-state index contributed by atoms with van der Waals surface area (Å²) in [5.41, 5.74) is 0.890. The lowest BCUT2D eigenvalue weighted by Crippen LogP contribution is -2.14. The molecular formula is C11H13NO5. The Hall–Kier alpha value is -2.08. The Morgan fingerprint density at radius 3 is 2.76 bits per heavy atom. The average molecular weight is 239 g/mol. The minimum atomic E-state index is -0.509. The SMILES string of the molecule is O=CNCCc1ccc(OC=O)c(OCO)c1. The van der Waals surface area contributed by atoms with Crippen molar-refractivity contribution in [3.05, 3.63) is 23.8 Å². The summed E-state index contributed by atoms with van der Waals surface area (Å²) >= 11 is 0. The second-order valence-electron chi connectivity index (χ2n) is 3.09. The third-order valence-corrected chi connectivity index (χ3v) is 2.04. The molecule has 0 heterocycles. The van der Waals surface area contributed by atoms with Crippen LogP contribution in [0, 0.1) is 0 Å². The van der Waals surface area contributed by atoms with Gasteiger partial charge >= 0.3 is 0 Å². The Labute approximate surface area is 98.2 Å². The predicted molar refractivity (Wildman–Crippen MR) is 58.6 cm³/mol. The highest BCUT2D eigenvalue weighted by molar-refractivity contribution is 5.52. The summed E-state index contributed by atoms with van der Waals surface area (Å²) in [7, 11) is 0. The van der Waals surface area contributed by atoms with E-state index in [9.17, 15) is 9.59 Å². The fraction of sp³-hybridized carbons (Fsp3) is 0.273. The first kappa shape index (κ1) is 13.0. The molecule has 0 fully saturated rings. The first-order chi connectivity index (χ1) is 8.31. The molecule has 0 aliphatic rings. The number of rotatable bonds is 8. The third kappa shape index (κ3) is 4.12. The van der Waals surface area contributed by atoms with E-state index in [2.05, 4.69) is 10.1 Å². The van der Waals surface area contributed by atoms with Gasteiger partial charge in [-0.05, 0) is 24.1 Å². The van der Waals surface area contributed by atoms with Gasteiger partial charge in [-0.2, -0.15) is 0 Å². The number of nitrogens with one attached hydrogen (secondary N) is 1. The van der Waals surface area contributed by atoms with Crippen LogP contribution in [0.1, 0.15) is 5.56 Å². The van der Waals surface area contributed by atoms with Crippen LogP contribution < -0.4 is 14.8 Å². The molecule has 0 bridgehead atoms. The molecule has 0 aromatic heterocycles. The molecule has 0 unspecified atom stereocenters. The van der Waals surface area contributed by atoms with Gasteiger partial charge in [-0.25, -0.2) is 0 Å². The maximum absolute atomic E-state index is 10.2. The van der Waals surface area contributed by atoms with Gasteiger partial charge in [-0.3, -0.25) is 9.59 Å². The molecular weight excluding hydrogens is 226 g/mol. The van der Waals surface area contributed by atoms with Gasteiger partial charge in [0.2, 0.25) is 6.41 Å². The monoisotopic (exact) mass is 239 g/mol. The number of hydrogen-bond donors (Lipinski definition) is 2. The van der Waals surface area contributed by atoms with Crippen LogP contribution >= 0.6 is 0 Å². The van der Waals surface area contributed by atoms with Crippen LogP contribution in [0.5, 0.6) is 11.5 Å². The third-order valence-electron chi connectivity index (χ3n) is 2.04. The Bertz CT molecular complexity index is 380. The molecule has 1 amide bonds. The highest BCUT2D eigenvalue weighted by atomic mass is 16.6. The van der Waals surface area contributed by atoms with Gasteiger partial charge in [0.05, 0.1) is 0 Å². The van der Waals surface area contributed by atoms with Crippen LogP contribution in [0.25, 0.3) is 0 Å². The minimum Gasteiger partial charge on any atom is -0.464 e. The van der Waals surface area contributed by atoms with Crippen LogP contribution in [0.2, 0.25) is 0 Å². The summed E-state index contributed by atoms with van der Waals surface area (Å²) in [5, 5.41) is 11.2.